The molecule has 0 aliphatic carbocycles. The molecule has 0 radical (unpaired) electrons. The first-order valence-electron chi connectivity index (χ1n) is 10.4. The fourth-order valence-corrected chi connectivity index (χ4v) is 4.84. The minimum absolute atomic E-state index is 0.295. The van der Waals surface area contributed by atoms with Gasteiger partial charge in [-0.1, -0.05) is 6.07 Å². The van der Waals surface area contributed by atoms with Crippen molar-refractivity contribution in [2.24, 2.45) is 0 Å². The van der Waals surface area contributed by atoms with Crippen LogP contribution in [0.3, 0.4) is 0 Å². The number of pyridine rings is 1. The number of aromatic nitrogens is 2. The summed E-state index contributed by atoms with van der Waals surface area (Å²) < 4.78 is 26.0. The summed E-state index contributed by atoms with van der Waals surface area (Å²) in [5.41, 5.74) is 10.5. The minimum Gasteiger partial charge on any atom is -0.497 e. The van der Waals surface area contributed by atoms with Crippen LogP contribution >= 0.6 is 11.3 Å². The molecule has 0 atom stereocenters. The van der Waals surface area contributed by atoms with Gasteiger partial charge in [-0.3, -0.25) is 4.79 Å². The molecule has 0 aliphatic rings. The number of halogens is 1. The summed E-state index contributed by atoms with van der Waals surface area (Å²) in [6, 6.07) is 16.5. The molecule has 2 N–H and O–H groups in total. The highest BCUT2D eigenvalue weighted by molar-refractivity contribution is 7.13. The largest absolute Gasteiger partial charge is 0.497 e. The first-order chi connectivity index (χ1) is 16.5. The zero-order valence-corrected chi connectivity index (χ0v) is 19.2. The van der Waals surface area contributed by atoms with E-state index in [0.29, 0.717) is 44.7 Å². The molecule has 5 rings (SSSR count). The molecule has 5 aromatic rings. The van der Waals surface area contributed by atoms with Gasteiger partial charge in [-0.05, 0) is 54.6 Å². The lowest BCUT2D eigenvalue weighted by Gasteiger charge is -2.08. The summed E-state index contributed by atoms with van der Waals surface area (Å²) >= 11 is 1.42. The lowest BCUT2D eigenvalue weighted by Crippen LogP contribution is -2.08. The molecule has 0 spiro atoms. The molecule has 0 bridgehead atoms. The van der Waals surface area contributed by atoms with E-state index in [2.05, 4.69) is 0 Å². The van der Waals surface area contributed by atoms with Crippen molar-refractivity contribution in [2.45, 2.75) is 0 Å². The van der Waals surface area contributed by atoms with Crippen molar-refractivity contribution in [3.05, 3.63) is 89.3 Å². The Morgan fingerprint density at radius 2 is 1.85 bits per heavy atom. The fourth-order valence-electron chi connectivity index (χ4n) is 3.95. The third-order valence-electron chi connectivity index (χ3n) is 5.60. The van der Waals surface area contributed by atoms with E-state index in [1.807, 2.05) is 41.8 Å². The predicted octanol–water partition coefficient (Wildman–Crippen LogP) is 5.70. The highest BCUT2D eigenvalue weighted by Gasteiger charge is 2.25. The number of hydrogen-bond donors (Lipinski definition) is 1. The number of hydrogen-bond acceptors (Lipinski definition) is 6. The van der Waals surface area contributed by atoms with E-state index >= 15 is 0 Å². The van der Waals surface area contributed by atoms with Gasteiger partial charge in [-0.25, -0.2) is 9.37 Å². The van der Waals surface area contributed by atoms with E-state index in [1.165, 1.54) is 35.6 Å². The van der Waals surface area contributed by atoms with Gasteiger partial charge in [-0.2, -0.15) is 0 Å². The van der Waals surface area contributed by atoms with E-state index < -0.39 is 5.82 Å². The monoisotopic (exact) mass is 473 g/mol. The van der Waals surface area contributed by atoms with Crippen LogP contribution in [0.15, 0.2) is 72.2 Å². The van der Waals surface area contributed by atoms with Gasteiger partial charge in [0.15, 0.2) is 0 Å². The second-order valence-corrected chi connectivity index (χ2v) is 8.39. The van der Waals surface area contributed by atoms with E-state index in [0.717, 1.165) is 11.1 Å². The normalized spacial score (nSPS) is 11.0. The van der Waals surface area contributed by atoms with E-state index in [1.54, 1.807) is 24.8 Å². The second kappa shape index (κ2) is 8.64. The molecule has 3 heterocycles. The van der Waals surface area contributed by atoms with Crippen molar-refractivity contribution in [2.75, 3.05) is 20.0 Å². The maximum atomic E-state index is 13.4. The molecule has 0 saturated heterocycles. The molecule has 0 saturated carbocycles. The lowest BCUT2D eigenvalue weighted by atomic mass is 10.1. The zero-order chi connectivity index (χ0) is 23.8. The Morgan fingerprint density at radius 1 is 1.06 bits per heavy atom. The highest BCUT2D eigenvalue weighted by atomic mass is 32.1. The third-order valence-corrected chi connectivity index (χ3v) is 6.46. The van der Waals surface area contributed by atoms with Gasteiger partial charge < -0.3 is 19.6 Å². The number of carbonyl (C=O) groups is 1. The first kappa shape index (κ1) is 21.7. The Kier molecular flexibility index (Phi) is 5.51. The SMILES string of the molecule is COc1ccc(OC)c(-c2csc(-c3c(N)c(C(=O)c4ccc(F)cc4)n4ccccc34)n2)c1. The standard InChI is InChI=1S/C26H20FN3O3S/c1-32-17-10-11-21(33-2)18(13-17)19-14-34-26(29-19)22-20-5-3-4-12-30(20)24(23(22)28)25(31)15-6-8-16(27)9-7-15/h3-14H,28H2,1-2H3. The third kappa shape index (κ3) is 3.58. The van der Waals surface area contributed by atoms with Crippen molar-refractivity contribution in [3.8, 4) is 33.3 Å². The summed E-state index contributed by atoms with van der Waals surface area (Å²) in [5.74, 6) is 0.649. The summed E-state index contributed by atoms with van der Waals surface area (Å²) in [5, 5.41) is 2.58. The number of ether oxygens (including phenoxy) is 2. The topological polar surface area (TPSA) is 78.9 Å². The number of nitrogens with zero attached hydrogens (tertiary/aromatic N) is 2. The number of fused-ring (bicyclic) bond motifs is 1. The lowest BCUT2D eigenvalue weighted by molar-refractivity contribution is 0.103. The van der Waals surface area contributed by atoms with Crippen LogP contribution in [0.5, 0.6) is 11.5 Å². The summed E-state index contributed by atoms with van der Waals surface area (Å²) in [7, 11) is 3.21. The number of anilines is 1. The molecule has 0 amide bonds. The van der Waals surface area contributed by atoms with E-state index in [-0.39, 0.29) is 5.78 Å². The zero-order valence-electron chi connectivity index (χ0n) is 18.4. The molecule has 170 valence electrons. The van der Waals surface area contributed by atoms with Gasteiger partial charge in [0, 0.05) is 22.7 Å². The Balaban J connectivity index is 1.66. The average molecular weight is 474 g/mol. The van der Waals surface area contributed by atoms with Crippen LogP contribution in [0.2, 0.25) is 0 Å². The Labute approximate surface area is 199 Å². The molecule has 34 heavy (non-hydrogen) atoms. The van der Waals surface area contributed by atoms with Crippen LogP contribution in [0.1, 0.15) is 16.1 Å². The molecule has 3 aromatic heterocycles. The molecule has 0 unspecified atom stereocenters. The van der Waals surface area contributed by atoms with E-state index in [4.69, 9.17) is 20.2 Å². The number of nitrogens with two attached hydrogens (primary N) is 1. The average Bonchev–Trinajstić information content (AvgIpc) is 3.45. The van der Waals surface area contributed by atoms with Gasteiger partial charge in [0.1, 0.15) is 28.0 Å². The van der Waals surface area contributed by atoms with Gasteiger partial charge in [0.2, 0.25) is 5.78 Å². The summed E-state index contributed by atoms with van der Waals surface area (Å²) in [4.78, 5) is 18.2. The molecule has 6 nitrogen and oxygen atoms in total. The highest BCUT2D eigenvalue weighted by Crippen LogP contribution is 2.41. The first-order valence-corrected chi connectivity index (χ1v) is 11.3. The minimum atomic E-state index is -0.409. The van der Waals surface area contributed by atoms with Crippen molar-refractivity contribution in [3.63, 3.8) is 0 Å². The quantitative estimate of drug-likeness (QED) is 0.320. The van der Waals surface area contributed by atoms with Gasteiger partial charge in [0.25, 0.3) is 0 Å². The summed E-state index contributed by atoms with van der Waals surface area (Å²) in [6.45, 7) is 0. The predicted molar refractivity (Wildman–Crippen MR) is 131 cm³/mol. The van der Waals surface area contributed by atoms with E-state index in [9.17, 15) is 9.18 Å². The van der Waals surface area contributed by atoms with Gasteiger partial charge in [-0.15, -0.1) is 11.3 Å². The van der Waals surface area contributed by atoms with Crippen LogP contribution in [-0.4, -0.2) is 29.4 Å². The van der Waals surface area contributed by atoms with Crippen LogP contribution in [0.25, 0.3) is 27.3 Å². The Bertz CT molecular complexity index is 1520. The fraction of sp³-hybridized carbons (Fsp3) is 0.0769. The van der Waals surface area contributed by atoms with Crippen molar-refractivity contribution in [1.29, 1.82) is 0 Å². The van der Waals surface area contributed by atoms with Crippen LogP contribution in [0, 0.1) is 5.82 Å². The molecule has 0 fully saturated rings. The smallest absolute Gasteiger partial charge is 0.211 e. The van der Waals surface area contributed by atoms with Crippen LogP contribution in [0.4, 0.5) is 10.1 Å². The van der Waals surface area contributed by atoms with Gasteiger partial charge >= 0.3 is 0 Å². The number of methoxy groups -OCH3 is 2. The molecule has 8 heteroatoms. The maximum Gasteiger partial charge on any atom is 0.211 e. The number of benzene rings is 2. The number of carbonyl (C=O) groups excluding carboxylic acids is 1. The molecular formula is C26H20FN3O3S. The van der Waals surface area contributed by atoms with Crippen LogP contribution in [-0.2, 0) is 0 Å². The second-order valence-electron chi connectivity index (χ2n) is 7.53. The number of thiazole rings is 1. The van der Waals surface area contributed by atoms with Crippen molar-refractivity contribution >= 4 is 28.3 Å². The van der Waals surface area contributed by atoms with Crippen molar-refractivity contribution < 1.29 is 18.7 Å². The number of ketones is 1. The Morgan fingerprint density at radius 3 is 2.59 bits per heavy atom. The number of rotatable bonds is 6. The van der Waals surface area contributed by atoms with Gasteiger partial charge in [0.05, 0.1) is 36.7 Å². The molecular weight excluding hydrogens is 453 g/mol. The molecule has 2 aromatic carbocycles. The number of nitrogen functional groups attached to an aromatic ring is 1. The van der Waals surface area contributed by atoms with Crippen molar-refractivity contribution in [1.82, 2.24) is 9.38 Å². The summed E-state index contributed by atoms with van der Waals surface area (Å²) in [6.07, 6.45) is 1.78. The Hall–Kier alpha value is -4.17. The van der Waals surface area contributed by atoms with Crippen LogP contribution < -0.4 is 15.2 Å². The molecule has 0 aliphatic heterocycles. The maximum absolute atomic E-state index is 13.4.